The fraction of sp³-hybridized carbons (Fsp3) is 0.879. The predicted octanol–water partition coefficient (Wildman–Crippen LogP) is 21.0. The Bertz CT molecular complexity index is 4280. The molecule has 146 heavy (non-hydrogen) atoms. The number of halogens is 1. The first-order chi connectivity index (χ1) is 66.4. The summed E-state index contributed by atoms with van der Waals surface area (Å²) in [6.45, 7) is 51.4. The molecule has 0 bridgehead atoms. The largest absolute Gasteiger partial charge is 2.00 e. The van der Waals surface area contributed by atoms with Gasteiger partial charge < -0.3 is 75.3 Å². The minimum absolute atomic E-state index is 0. The number of aliphatic carboxylic acids is 1. The monoisotopic (exact) mass is 2120 g/mol. The van der Waals surface area contributed by atoms with Gasteiger partial charge in [0.15, 0.2) is 0 Å². The van der Waals surface area contributed by atoms with Gasteiger partial charge in [0.2, 0.25) is 5.91 Å². The molecule has 1 amide bonds. The third-order valence-electron chi connectivity index (χ3n) is 44.5. The minimum Gasteiger partial charge on any atom is -1.00 e. The van der Waals surface area contributed by atoms with Gasteiger partial charge in [0.25, 0.3) is 0 Å². The van der Waals surface area contributed by atoms with Crippen molar-refractivity contribution in [3.05, 3.63) is 53.5 Å². The van der Waals surface area contributed by atoms with Crippen LogP contribution in [0.4, 0.5) is 0 Å². The summed E-state index contributed by atoms with van der Waals surface area (Å²) in [4.78, 5) is 72.0. The molecule has 2 saturated heterocycles. The number of aliphatic hydroxyl groups is 6. The van der Waals surface area contributed by atoms with Gasteiger partial charge in [-0.15, -0.1) is 0 Å². The van der Waals surface area contributed by atoms with Crippen molar-refractivity contribution in [1.29, 1.82) is 0 Å². The summed E-state index contributed by atoms with van der Waals surface area (Å²) in [6, 6.07) is 0. The zero-order valence-electron chi connectivity index (χ0n) is 97.1. The van der Waals surface area contributed by atoms with Crippen LogP contribution in [0.5, 0.6) is 0 Å². The maximum atomic E-state index is 12.2. The zero-order valence-corrected chi connectivity index (χ0v) is 101. The predicted molar refractivity (Wildman–Crippen MR) is 584 cm³/mol. The molecule has 18 nitrogen and oxygen atoms in total. The van der Waals surface area contributed by atoms with Crippen LogP contribution in [-0.4, -0.2) is 177 Å². The summed E-state index contributed by atoms with van der Waals surface area (Å²) in [7, 11) is 4.26. The molecule has 12 saturated carbocycles. The van der Waals surface area contributed by atoms with Crippen LogP contribution in [-0.2, 0) is 47.8 Å². The van der Waals surface area contributed by atoms with E-state index in [-0.39, 0.29) is 142 Å². The zero-order chi connectivity index (χ0) is 104. The van der Waals surface area contributed by atoms with Crippen molar-refractivity contribution in [3.8, 4) is 0 Å². The molecular formula is C124H211BBrMgNNaO17. The molecule has 34 atom stereocenters. The summed E-state index contributed by atoms with van der Waals surface area (Å²) in [5, 5.41) is 69.9. The van der Waals surface area contributed by atoms with Gasteiger partial charge in [-0.3, -0.25) is 33.6 Å². The van der Waals surface area contributed by atoms with E-state index in [2.05, 4.69) is 126 Å². The Balaban J connectivity index is 0.000000324. The molecule has 3 radical (unpaired) electrons. The summed E-state index contributed by atoms with van der Waals surface area (Å²) in [6.07, 6.45) is 61.2. The van der Waals surface area contributed by atoms with E-state index < -0.39 is 40.3 Å². The minimum atomic E-state index is -0.957. The van der Waals surface area contributed by atoms with Gasteiger partial charge in [-0.1, -0.05) is 158 Å². The van der Waals surface area contributed by atoms with Gasteiger partial charge >= 0.3 is 76.5 Å². The molecule has 2 unspecified atom stereocenters. The Kier molecular flexibility index (Phi) is 50.6. The van der Waals surface area contributed by atoms with Crippen LogP contribution in [0, 0.1) is 169 Å². The van der Waals surface area contributed by atoms with Gasteiger partial charge in [0.05, 0.1) is 61.3 Å². The van der Waals surface area contributed by atoms with E-state index in [0.717, 1.165) is 237 Å². The van der Waals surface area contributed by atoms with E-state index in [0.29, 0.717) is 80.2 Å². The number of amides is 1. The van der Waals surface area contributed by atoms with Crippen molar-refractivity contribution in [2.75, 3.05) is 34.5 Å². The number of cyclic esters (lactones) is 2. The number of esters is 3. The molecular weight excluding hydrogens is 1910 g/mol. The van der Waals surface area contributed by atoms with Crippen molar-refractivity contribution < 1.29 is 132 Å². The van der Waals surface area contributed by atoms with E-state index in [4.69, 9.17) is 24.5 Å². The van der Waals surface area contributed by atoms with Crippen LogP contribution in [0.25, 0.3) is 0 Å². The first-order valence-electron chi connectivity index (χ1n) is 58.0. The Labute approximate surface area is 941 Å². The van der Waals surface area contributed by atoms with Crippen LogP contribution in [0.2, 0.25) is 0 Å². The second kappa shape index (κ2) is 55.6. The fourth-order valence-electron chi connectivity index (χ4n) is 36.0. The summed E-state index contributed by atoms with van der Waals surface area (Å²) in [5.74, 6) is 13.8. The van der Waals surface area contributed by atoms with Crippen LogP contribution in [0.3, 0.4) is 0 Å². The summed E-state index contributed by atoms with van der Waals surface area (Å²) in [5.41, 5.74) is 7.22. The summed E-state index contributed by atoms with van der Waals surface area (Å²) >= 11 is 0. The average Bonchev–Trinajstić information content (AvgIpc) is 1.67. The maximum absolute atomic E-state index is 12.2. The Hall–Kier alpha value is -1.83. The van der Waals surface area contributed by atoms with Gasteiger partial charge in [0, 0.05) is 55.0 Å². The number of carboxylic acid groups (broad SMARTS) is 1. The number of Topliss-reactive ketones (excluding diaryl/α,β-unsaturated/α-hetero) is 1. The molecule has 0 spiro atoms. The van der Waals surface area contributed by atoms with Gasteiger partial charge in [0.1, 0.15) is 11.9 Å². The second-order valence-electron chi connectivity index (χ2n) is 52.9. The van der Waals surface area contributed by atoms with Crippen molar-refractivity contribution in [1.82, 2.24) is 5.06 Å². The van der Waals surface area contributed by atoms with Crippen LogP contribution < -0.4 is 46.5 Å². The van der Waals surface area contributed by atoms with Crippen molar-refractivity contribution in [3.63, 3.8) is 0 Å². The van der Waals surface area contributed by atoms with Crippen LogP contribution in [0.1, 0.15) is 462 Å². The first-order valence-corrected chi connectivity index (χ1v) is 58.0. The number of rotatable bonds is 24. The molecule has 2 aliphatic heterocycles. The van der Waals surface area contributed by atoms with E-state index in [1.165, 1.54) is 165 Å². The molecule has 0 aromatic heterocycles. The Morgan fingerprint density at radius 1 is 0.445 bits per heavy atom. The van der Waals surface area contributed by atoms with Gasteiger partial charge in [-0.05, 0) is 459 Å². The Morgan fingerprint density at radius 2 is 0.747 bits per heavy atom. The molecule has 2 heterocycles. The molecule has 827 valence electrons. The second-order valence-corrected chi connectivity index (χ2v) is 52.9. The van der Waals surface area contributed by atoms with Crippen molar-refractivity contribution in [2.24, 2.45) is 162 Å². The molecule has 16 aliphatic carbocycles. The third kappa shape index (κ3) is 29.6. The fourth-order valence-corrected chi connectivity index (χ4v) is 36.0. The number of ketones is 1. The normalized spacial score (nSPS) is 40.8. The third-order valence-corrected chi connectivity index (χ3v) is 44.5. The number of carbonyl (C=O) groups excluding carboxylic acids is 5. The molecule has 22 heteroatoms. The van der Waals surface area contributed by atoms with Crippen LogP contribution >= 0.6 is 0 Å². The molecule has 0 aromatic carbocycles. The number of ether oxygens (including phenoxy) is 3. The number of hydroxylamine groups is 2. The molecule has 14 fully saturated rings. The molecule has 18 aliphatic rings. The number of carbonyl (C=O) groups is 6. The standard InChI is InChI=1S/C31H50O5.C27H45NO3.C27H46O2.C27H44O2.C4H4O3.C4H8O.C2H5.CH4O.CH4.B.BrH.Mg.Na.H/c1-6-22(36-28(34)14-13-27(32)33)9-7-20(2)24-11-12-25-23-10-8-21-19-29(3,35)17-18-30(21,4)26(23)15-16-31(24,25)5;1-18(7-12-24(29)28(5)31-6)21-10-11-22-20-9-8-19-17-25(2,30)15-16-26(19,3)23(20)13-14-27(21,22)4;2*1-6-20(28)9-7-18(2)22-11-12-23-21-10-8-19-17-25(3,29)15-16-26(19,4)24(21)13-14-27(22,23)5;5-3-1-2-4(6)7-3;1-2-4-5-3-1;2*1-2;;;;;;/h8,20,22-26,35H,6-7,9-19H2,1-5H3,(H,32,33);8,18,20-23,30H,7,9-17H2,1-6H3;8,18,20-24,28-29H,6-7,9-17H2,1-5H3;8,18,21-24,29H,6-7,9-17H2,1-5H3;1-2H2;1-4H2;1H2,2H3;2H,1H3;1H4;;1H;;;/q;;;;;;-1;;;;;+2;+1;-1/p-1/t20-,22?,23+,24-,25+,26+,29+,30+,31-;18-,20+,21-,22+,23+,25+,26+,27-;18-,20?,21+,22-,23+,24+,25+,26+,27-;18-,21+,22-,23+,24+,25+,26+,27-;;;;;;;;;;/m1111........../s1. The quantitative estimate of drug-likeness (QED) is 0.0118. The Morgan fingerprint density at radius 3 is 1.01 bits per heavy atom. The van der Waals surface area contributed by atoms with Crippen LogP contribution in [0.15, 0.2) is 46.6 Å². The topological polar surface area (TPSA) is 284 Å². The van der Waals surface area contributed by atoms with Gasteiger partial charge in [-0.25, -0.2) is 5.06 Å². The number of fused-ring (bicyclic) bond motifs is 20. The SMILES string of the molecule is C.C1CCOC1.CCC(=O)CC[C@@H](C)[C@H]1CC[C@H]2[C@@H]3CC=C4C[C@@](C)(O)CC[C@]4(C)[C@H]3CC[C@]12C.CCC(CC[C@@H](C)[C@H]1CC[C@H]2[C@@H]3CC=C4C[C@@](C)(O)CC[C@]4(C)[C@H]3CC[C@]12C)OC(=O)CCC(=O)O.CCC(O)CC[C@@H](C)[C@H]1CC[C@H]2[C@@H]3CC=C4C[C@@](C)(O)CC[C@]4(C)[C@H]3CC[C@]12C.CO.CON(C)C(=O)CC[C@@H](C)[C@H]1CC[C@H]2[C@@H]3CC=C4C[C@@](C)(O)CC[C@]4(C)[C@H]3CC[C@]12C.O=C1CCC(=O)O1.[B].[Br-].[CH2-]C.[H-].[Mg+2].[Na+]. The number of hydrogen-bond acceptors (Lipinski definition) is 16. The van der Waals surface area contributed by atoms with E-state index in [9.17, 15) is 54.3 Å². The number of hydrogen-bond donors (Lipinski definition) is 7. The number of allylic oxidation sites excluding steroid dienone is 4. The number of aliphatic hydroxyl groups excluding tert-OH is 2. The van der Waals surface area contributed by atoms with Crippen molar-refractivity contribution >= 4 is 67.0 Å². The number of nitrogens with zero attached hydrogens (tertiary/aromatic N) is 1. The van der Waals surface area contributed by atoms with Gasteiger partial charge in [-0.2, -0.15) is 6.92 Å². The molecule has 7 N–H and O–H groups in total. The van der Waals surface area contributed by atoms with E-state index in [1.54, 1.807) is 37.8 Å². The molecule has 0 aromatic rings. The smallest absolute Gasteiger partial charge is 1.00 e. The molecule has 18 rings (SSSR count). The summed E-state index contributed by atoms with van der Waals surface area (Å²) < 4.78 is 14.6. The van der Waals surface area contributed by atoms with E-state index in [1.807, 2.05) is 41.5 Å². The van der Waals surface area contributed by atoms with Crippen molar-refractivity contribution in [2.45, 2.75) is 495 Å². The average molecular weight is 2130 g/mol. The van der Waals surface area contributed by atoms with E-state index >= 15 is 0 Å². The first kappa shape index (κ1) is 133. The number of carboxylic acids is 1. The maximum Gasteiger partial charge on any atom is 2.00 e.